The van der Waals surface area contributed by atoms with Crippen molar-refractivity contribution < 1.29 is 14.6 Å². The van der Waals surface area contributed by atoms with Gasteiger partial charge in [-0.15, -0.1) is 0 Å². The van der Waals surface area contributed by atoms with Crippen LogP contribution in [0.4, 0.5) is 0 Å². The van der Waals surface area contributed by atoms with Gasteiger partial charge < -0.3 is 9.84 Å². The van der Waals surface area contributed by atoms with Crippen LogP contribution in [0.25, 0.3) is 5.76 Å². The summed E-state index contributed by atoms with van der Waals surface area (Å²) >= 11 is 12.1. The Hall–Kier alpha value is -1.26. The number of carboxylic acids is 1. The lowest BCUT2D eigenvalue weighted by molar-refractivity contribution is -0.136. The molecule has 0 saturated heterocycles. The van der Waals surface area contributed by atoms with Crippen LogP contribution in [0.2, 0.25) is 10.0 Å². The fourth-order valence-electron chi connectivity index (χ4n) is 1.40. The second kappa shape index (κ2) is 6.61. The SMILES string of the molecule is C=C(OCC)c1ncc(Cl)c(CCC(=O)O)c1Cl. The van der Waals surface area contributed by atoms with Crippen molar-refractivity contribution in [3.63, 3.8) is 0 Å². The number of aliphatic carboxylic acids is 1. The van der Waals surface area contributed by atoms with E-state index in [9.17, 15) is 4.79 Å². The van der Waals surface area contributed by atoms with Crippen molar-refractivity contribution in [2.45, 2.75) is 19.8 Å². The third-order valence-electron chi connectivity index (χ3n) is 2.24. The summed E-state index contributed by atoms with van der Waals surface area (Å²) in [7, 11) is 0. The Kier molecular flexibility index (Phi) is 5.44. The number of rotatable bonds is 6. The lowest BCUT2D eigenvalue weighted by Crippen LogP contribution is -2.02. The van der Waals surface area contributed by atoms with Gasteiger partial charge in [0.2, 0.25) is 0 Å². The van der Waals surface area contributed by atoms with Gasteiger partial charge >= 0.3 is 5.97 Å². The molecule has 1 aromatic heterocycles. The van der Waals surface area contributed by atoms with Gasteiger partial charge in [-0.1, -0.05) is 29.8 Å². The first-order valence-electron chi connectivity index (χ1n) is 5.34. The normalized spacial score (nSPS) is 10.2. The third kappa shape index (κ3) is 3.62. The minimum atomic E-state index is -0.913. The highest BCUT2D eigenvalue weighted by Crippen LogP contribution is 2.31. The molecule has 0 aliphatic heterocycles. The summed E-state index contributed by atoms with van der Waals surface area (Å²) in [5, 5.41) is 9.31. The molecule has 0 fully saturated rings. The second-order valence-electron chi connectivity index (χ2n) is 3.50. The number of halogens is 2. The molecule has 0 aliphatic carbocycles. The Balaban J connectivity index is 3.06. The van der Waals surface area contributed by atoms with Crippen LogP contribution in [0.1, 0.15) is 24.6 Å². The van der Waals surface area contributed by atoms with E-state index in [4.69, 9.17) is 33.0 Å². The number of hydrogen-bond acceptors (Lipinski definition) is 3. The molecular weight excluding hydrogens is 277 g/mol. The van der Waals surface area contributed by atoms with Crippen LogP contribution in [-0.4, -0.2) is 22.7 Å². The molecule has 0 spiro atoms. The zero-order chi connectivity index (χ0) is 13.7. The molecule has 0 amide bonds. The lowest BCUT2D eigenvalue weighted by atomic mass is 10.1. The highest BCUT2D eigenvalue weighted by atomic mass is 35.5. The van der Waals surface area contributed by atoms with E-state index >= 15 is 0 Å². The second-order valence-corrected chi connectivity index (χ2v) is 4.28. The van der Waals surface area contributed by atoms with Crippen LogP contribution in [-0.2, 0) is 16.0 Å². The number of hydrogen-bond donors (Lipinski definition) is 1. The van der Waals surface area contributed by atoms with Crippen molar-refractivity contribution in [3.05, 3.63) is 34.1 Å². The van der Waals surface area contributed by atoms with Gasteiger partial charge in [-0.05, 0) is 18.9 Å². The molecule has 1 rings (SSSR count). The first-order chi connectivity index (χ1) is 8.47. The molecule has 0 aromatic carbocycles. The molecule has 0 saturated carbocycles. The average Bonchev–Trinajstić information content (AvgIpc) is 2.28. The zero-order valence-corrected chi connectivity index (χ0v) is 11.4. The van der Waals surface area contributed by atoms with E-state index in [1.54, 1.807) is 0 Å². The molecule has 0 radical (unpaired) electrons. The Morgan fingerprint density at radius 2 is 2.22 bits per heavy atom. The van der Waals surface area contributed by atoms with E-state index < -0.39 is 5.97 Å². The van der Waals surface area contributed by atoms with Crippen LogP contribution in [0.15, 0.2) is 12.8 Å². The third-order valence-corrected chi connectivity index (χ3v) is 2.97. The molecule has 4 nitrogen and oxygen atoms in total. The topological polar surface area (TPSA) is 59.4 Å². The maximum Gasteiger partial charge on any atom is 0.303 e. The molecule has 0 atom stereocenters. The first-order valence-corrected chi connectivity index (χ1v) is 6.09. The van der Waals surface area contributed by atoms with Crippen molar-refractivity contribution in [2.24, 2.45) is 0 Å². The number of carbonyl (C=O) groups is 1. The quantitative estimate of drug-likeness (QED) is 0.816. The molecule has 0 aliphatic rings. The fraction of sp³-hybridized carbons (Fsp3) is 0.333. The number of ether oxygens (including phenoxy) is 1. The van der Waals surface area contributed by atoms with Crippen molar-refractivity contribution in [1.29, 1.82) is 0 Å². The van der Waals surface area contributed by atoms with Crippen molar-refractivity contribution in [3.8, 4) is 0 Å². The minimum absolute atomic E-state index is 0.0516. The average molecular weight is 290 g/mol. The molecule has 98 valence electrons. The van der Waals surface area contributed by atoms with Crippen molar-refractivity contribution in [2.75, 3.05) is 6.61 Å². The van der Waals surface area contributed by atoms with E-state index in [0.717, 1.165) is 0 Å². The maximum absolute atomic E-state index is 10.6. The van der Waals surface area contributed by atoms with Gasteiger partial charge in [0, 0.05) is 12.6 Å². The summed E-state index contributed by atoms with van der Waals surface area (Å²) in [5.41, 5.74) is 0.940. The summed E-state index contributed by atoms with van der Waals surface area (Å²) in [5.74, 6) is -0.570. The van der Waals surface area contributed by atoms with E-state index in [1.165, 1.54) is 6.20 Å². The lowest BCUT2D eigenvalue weighted by Gasteiger charge is -2.12. The van der Waals surface area contributed by atoms with Gasteiger partial charge in [0.05, 0.1) is 16.7 Å². The largest absolute Gasteiger partial charge is 0.492 e. The highest BCUT2D eigenvalue weighted by Gasteiger charge is 2.15. The molecule has 0 bridgehead atoms. The Morgan fingerprint density at radius 3 is 2.78 bits per heavy atom. The Labute approximate surface area is 115 Å². The predicted molar refractivity (Wildman–Crippen MR) is 70.9 cm³/mol. The summed E-state index contributed by atoms with van der Waals surface area (Å²) in [6.45, 7) is 5.98. The van der Waals surface area contributed by atoms with E-state index in [0.29, 0.717) is 33.7 Å². The van der Waals surface area contributed by atoms with Crippen LogP contribution >= 0.6 is 23.2 Å². The van der Waals surface area contributed by atoms with Gasteiger partial charge in [-0.25, -0.2) is 4.98 Å². The van der Waals surface area contributed by atoms with E-state index in [-0.39, 0.29) is 12.8 Å². The zero-order valence-electron chi connectivity index (χ0n) is 9.87. The summed E-state index contributed by atoms with van der Waals surface area (Å²) in [6, 6.07) is 0. The van der Waals surface area contributed by atoms with Crippen LogP contribution < -0.4 is 0 Å². The number of carboxylic acid groups (broad SMARTS) is 1. The Morgan fingerprint density at radius 1 is 1.56 bits per heavy atom. The van der Waals surface area contributed by atoms with Crippen LogP contribution in [0.5, 0.6) is 0 Å². The monoisotopic (exact) mass is 289 g/mol. The minimum Gasteiger partial charge on any atom is -0.492 e. The molecular formula is C12H13Cl2NO3. The summed E-state index contributed by atoms with van der Waals surface area (Å²) in [6.07, 6.45) is 1.61. The van der Waals surface area contributed by atoms with Crippen molar-refractivity contribution >= 4 is 34.9 Å². The predicted octanol–water partition coefficient (Wildman–Crippen LogP) is 3.41. The molecule has 6 heteroatoms. The van der Waals surface area contributed by atoms with Crippen LogP contribution in [0, 0.1) is 0 Å². The standard InChI is InChI=1S/C12H13Cl2NO3/c1-3-18-7(2)12-11(14)8(4-5-10(16)17)9(13)6-15-12/h6H,2-5H2,1H3,(H,16,17). The summed E-state index contributed by atoms with van der Waals surface area (Å²) < 4.78 is 5.23. The summed E-state index contributed by atoms with van der Waals surface area (Å²) in [4.78, 5) is 14.6. The number of pyridine rings is 1. The van der Waals surface area contributed by atoms with Gasteiger partial charge in [0.25, 0.3) is 0 Å². The molecule has 1 aromatic rings. The molecule has 1 heterocycles. The van der Waals surface area contributed by atoms with Crippen LogP contribution in [0.3, 0.4) is 0 Å². The van der Waals surface area contributed by atoms with Gasteiger partial charge in [-0.2, -0.15) is 0 Å². The molecule has 1 N–H and O–H groups in total. The molecule has 0 unspecified atom stereocenters. The maximum atomic E-state index is 10.6. The first kappa shape index (κ1) is 14.8. The van der Waals surface area contributed by atoms with Gasteiger partial charge in [-0.3, -0.25) is 4.79 Å². The van der Waals surface area contributed by atoms with Gasteiger partial charge in [0.1, 0.15) is 11.5 Å². The number of aromatic nitrogens is 1. The molecule has 18 heavy (non-hydrogen) atoms. The number of nitrogens with zero attached hydrogens (tertiary/aromatic N) is 1. The highest BCUT2D eigenvalue weighted by molar-refractivity contribution is 6.36. The van der Waals surface area contributed by atoms with Crippen molar-refractivity contribution in [1.82, 2.24) is 4.98 Å². The van der Waals surface area contributed by atoms with Gasteiger partial charge in [0.15, 0.2) is 0 Å². The Bertz CT molecular complexity index is 475. The van der Waals surface area contributed by atoms with E-state index in [1.807, 2.05) is 6.92 Å². The fourth-order valence-corrected chi connectivity index (χ4v) is 2.04. The van der Waals surface area contributed by atoms with E-state index in [2.05, 4.69) is 11.6 Å². The smallest absolute Gasteiger partial charge is 0.303 e.